The maximum Gasteiger partial charge on any atom is 0.244 e. The zero-order valence-electron chi connectivity index (χ0n) is 21.3. The maximum absolute atomic E-state index is 13.6. The molecule has 1 aliphatic carbocycles. The molecule has 1 atom stereocenters. The molecule has 0 saturated heterocycles. The molecular weight excluding hydrogens is 482 g/mol. The minimum atomic E-state index is -3.79. The third kappa shape index (κ3) is 7.13. The van der Waals surface area contributed by atoms with Crippen LogP contribution in [0.25, 0.3) is 0 Å². The van der Waals surface area contributed by atoms with Crippen molar-refractivity contribution in [3.8, 4) is 11.5 Å². The van der Waals surface area contributed by atoms with E-state index in [4.69, 9.17) is 9.47 Å². The third-order valence-electron chi connectivity index (χ3n) is 6.40. The van der Waals surface area contributed by atoms with Gasteiger partial charge in [-0.3, -0.25) is 13.9 Å². The molecule has 0 aliphatic heterocycles. The van der Waals surface area contributed by atoms with Crippen LogP contribution < -0.4 is 19.1 Å². The Hall–Kier alpha value is -3.27. The van der Waals surface area contributed by atoms with Crippen LogP contribution in [0.15, 0.2) is 48.5 Å². The number of carbonyl (C=O) groups excluding carboxylic acids is 2. The van der Waals surface area contributed by atoms with Gasteiger partial charge in [0.1, 0.15) is 24.1 Å². The van der Waals surface area contributed by atoms with Crippen LogP contribution in [0.5, 0.6) is 11.5 Å². The van der Waals surface area contributed by atoms with Crippen molar-refractivity contribution in [1.82, 2.24) is 10.2 Å². The van der Waals surface area contributed by atoms with Crippen LogP contribution in [0.3, 0.4) is 0 Å². The first-order valence-corrected chi connectivity index (χ1v) is 13.8. The molecule has 2 aromatic rings. The lowest BCUT2D eigenvalue weighted by Gasteiger charge is -2.32. The summed E-state index contributed by atoms with van der Waals surface area (Å²) < 4.78 is 36.8. The van der Waals surface area contributed by atoms with Crippen molar-refractivity contribution in [2.45, 2.75) is 51.2 Å². The monoisotopic (exact) mass is 517 g/mol. The van der Waals surface area contributed by atoms with E-state index in [1.165, 1.54) is 12.0 Å². The number of carbonyl (C=O) groups is 2. The fraction of sp³-hybridized carbons (Fsp3) is 0.462. The lowest BCUT2D eigenvalue weighted by molar-refractivity contribution is -0.139. The van der Waals surface area contributed by atoms with E-state index in [0.717, 1.165) is 41.8 Å². The van der Waals surface area contributed by atoms with Crippen LogP contribution in [-0.4, -0.2) is 64.2 Å². The van der Waals surface area contributed by atoms with Crippen molar-refractivity contribution in [1.29, 1.82) is 0 Å². The van der Waals surface area contributed by atoms with Gasteiger partial charge < -0.3 is 19.7 Å². The summed E-state index contributed by atoms with van der Waals surface area (Å²) in [7, 11) is -0.720. The molecule has 36 heavy (non-hydrogen) atoms. The number of methoxy groups -OCH3 is 2. The Bertz CT molecular complexity index is 1150. The summed E-state index contributed by atoms with van der Waals surface area (Å²) in [6.07, 6.45) is 5.02. The van der Waals surface area contributed by atoms with Crippen molar-refractivity contribution in [2.75, 3.05) is 31.3 Å². The van der Waals surface area contributed by atoms with Crippen molar-refractivity contribution in [3.63, 3.8) is 0 Å². The van der Waals surface area contributed by atoms with Crippen LogP contribution >= 0.6 is 0 Å². The Balaban J connectivity index is 1.88. The number of nitrogens with zero attached hydrogens (tertiary/aromatic N) is 2. The molecule has 196 valence electrons. The Morgan fingerprint density at radius 2 is 1.67 bits per heavy atom. The highest BCUT2D eigenvalue weighted by atomic mass is 32.2. The van der Waals surface area contributed by atoms with Crippen molar-refractivity contribution < 1.29 is 27.5 Å². The van der Waals surface area contributed by atoms with Gasteiger partial charge in [0.2, 0.25) is 21.8 Å². The molecule has 10 heteroatoms. The first-order chi connectivity index (χ1) is 17.1. The lowest BCUT2D eigenvalue weighted by Crippen LogP contribution is -2.52. The number of anilines is 1. The predicted molar refractivity (Wildman–Crippen MR) is 139 cm³/mol. The van der Waals surface area contributed by atoms with Gasteiger partial charge >= 0.3 is 0 Å². The second-order valence-corrected chi connectivity index (χ2v) is 10.9. The smallest absolute Gasteiger partial charge is 0.244 e. The summed E-state index contributed by atoms with van der Waals surface area (Å²) in [5.74, 6) is 0.441. The minimum absolute atomic E-state index is 0.0977. The summed E-state index contributed by atoms with van der Waals surface area (Å²) >= 11 is 0. The second-order valence-electron chi connectivity index (χ2n) is 9.01. The van der Waals surface area contributed by atoms with Gasteiger partial charge in [0.25, 0.3) is 0 Å². The lowest BCUT2D eigenvalue weighted by atomic mass is 10.1. The number of benzene rings is 2. The number of nitrogens with one attached hydrogen (secondary N) is 1. The number of rotatable bonds is 11. The highest BCUT2D eigenvalue weighted by Gasteiger charge is 2.31. The van der Waals surface area contributed by atoms with Gasteiger partial charge in [-0.05, 0) is 61.7 Å². The normalized spacial score (nSPS) is 14.7. The summed E-state index contributed by atoms with van der Waals surface area (Å²) in [4.78, 5) is 28.1. The predicted octanol–water partition coefficient (Wildman–Crippen LogP) is 2.95. The topological polar surface area (TPSA) is 105 Å². The summed E-state index contributed by atoms with van der Waals surface area (Å²) in [5, 5.41) is 3.05. The molecule has 0 spiro atoms. The van der Waals surface area contributed by atoms with E-state index in [9.17, 15) is 18.0 Å². The van der Waals surface area contributed by atoms with E-state index in [-0.39, 0.29) is 18.5 Å². The average molecular weight is 518 g/mol. The van der Waals surface area contributed by atoms with Crippen LogP contribution in [0, 0.1) is 0 Å². The third-order valence-corrected chi connectivity index (χ3v) is 7.54. The fourth-order valence-electron chi connectivity index (χ4n) is 4.30. The molecular formula is C26H35N3O6S. The zero-order chi connectivity index (χ0) is 26.3. The van der Waals surface area contributed by atoms with Crippen LogP contribution in [0.1, 0.15) is 38.2 Å². The first kappa shape index (κ1) is 27.3. The minimum Gasteiger partial charge on any atom is -0.497 e. The molecule has 1 unspecified atom stereocenters. The summed E-state index contributed by atoms with van der Waals surface area (Å²) in [6, 6.07) is 12.9. The Kier molecular flexibility index (Phi) is 9.19. The van der Waals surface area contributed by atoms with Crippen LogP contribution in [-0.2, 0) is 26.2 Å². The van der Waals surface area contributed by atoms with E-state index in [0.29, 0.717) is 17.2 Å². The standard InChI is InChI=1S/C26H35N3O6S/c1-19(26(31)27-21-9-5-6-10-21)28(17-20-8-7-11-24(16-20)35-3)25(30)18-29(36(4,32)33)22-12-14-23(34-2)15-13-22/h7-8,11-16,19,21H,5-6,9-10,17-18H2,1-4H3,(H,27,31). The van der Waals surface area contributed by atoms with Gasteiger partial charge in [-0.1, -0.05) is 25.0 Å². The van der Waals surface area contributed by atoms with E-state index >= 15 is 0 Å². The van der Waals surface area contributed by atoms with E-state index in [2.05, 4.69) is 5.32 Å². The molecule has 0 bridgehead atoms. The number of hydrogen-bond donors (Lipinski definition) is 1. The molecule has 2 amide bonds. The highest BCUT2D eigenvalue weighted by Crippen LogP contribution is 2.23. The SMILES string of the molecule is COc1ccc(N(CC(=O)N(Cc2cccc(OC)c2)C(C)C(=O)NC2CCCC2)S(C)(=O)=O)cc1. The number of ether oxygens (including phenoxy) is 2. The van der Waals surface area contributed by atoms with Gasteiger partial charge in [-0.2, -0.15) is 0 Å². The molecule has 1 fully saturated rings. The van der Waals surface area contributed by atoms with Gasteiger partial charge in [0.15, 0.2) is 0 Å². The Morgan fingerprint density at radius 3 is 2.25 bits per heavy atom. The molecule has 3 rings (SSSR count). The first-order valence-electron chi connectivity index (χ1n) is 12.0. The Labute approximate surface area is 213 Å². The van der Waals surface area contributed by atoms with Gasteiger partial charge in [0.05, 0.1) is 26.2 Å². The van der Waals surface area contributed by atoms with E-state index < -0.39 is 28.5 Å². The van der Waals surface area contributed by atoms with Gasteiger partial charge in [-0.25, -0.2) is 8.42 Å². The number of sulfonamides is 1. The quantitative estimate of drug-likeness (QED) is 0.491. The maximum atomic E-state index is 13.6. The Morgan fingerprint density at radius 1 is 1.03 bits per heavy atom. The summed E-state index contributed by atoms with van der Waals surface area (Å²) in [5.41, 5.74) is 1.09. The van der Waals surface area contributed by atoms with Gasteiger partial charge in [0, 0.05) is 12.6 Å². The van der Waals surface area contributed by atoms with Crippen molar-refractivity contribution in [3.05, 3.63) is 54.1 Å². The fourth-order valence-corrected chi connectivity index (χ4v) is 5.15. The average Bonchev–Trinajstić information content (AvgIpc) is 3.37. The second kappa shape index (κ2) is 12.1. The van der Waals surface area contributed by atoms with Crippen LogP contribution in [0.4, 0.5) is 5.69 Å². The van der Waals surface area contributed by atoms with E-state index in [1.807, 2.05) is 6.07 Å². The van der Waals surface area contributed by atoms with Crippen LogP contribution in [0.2, 0.25) is 0 Å². The summed E-state index contributed by atoms with van der Waals surface area (Å²) in [6.45, 7) is 1.34. The molecule has 0 radical (unpaired) electrons. The molecule has 9 nitrogen and oxygen atoms in total. The molecule has 1 N–H and O–H groups in total. The molecule has 0 heterocycles. The number of hydrogen-bond acceptors (Lipinski definition) is 6. The zero-order valence-corrected chi connectivity index (χ0v) is 22.1. The largest absolute Gasteiger partial charge is 0.497 e. The van der Waals surface area contributed by atoms with Crippen molar-refractivity contribution in [2.24, 2.45) is 0 Å². The number of amides is 2. The molecule has 1 aliphatic rings. The van der Waals surface area contributed by atoms with E-state index in [1.54, 1.807) is 56.5 Å². The highest BCUT2D eigenvalue weighted by molar-refractivity contribution is 7.92. The molecule has 2 aromatic carbocycles. The van der Waals surface area contributed by atoms with Gasteiger partial charge in [-0.15, -0.1) is 0 Å². The molecule has 1 saturated carbocycles. The molecule has 0 aromatic heterocycles. The van der Waals surface area contributed by atoms with Crippen molar-refractivity contribution >= 4 is 27.5 Å².